The zero-order valence-electron chi connectivity index (χ0n) is 16.5. The molecule has 0 aliphatic carbocycles. The summed E-state index contributed by atoms with van der Waals surface area (Å²) in [6.07, 6.45) is 0.874. The molecule has 0 aliphatic heterocycles. The van der Waals surface area contributed by atoms with E-state index in [9.17, 15) is 4.79 Å². The first-order chi connectivity index (χ1) is 14.2. The highest BCUT2D eigenvalue weighted by atomic mass is 16.5. The van der Waals surface area contributed by atoms with Gasteiger partial charge in [0.25, 0.3) is 0 Å². The van der Waals surface area contributed by atoms with Crippen LogP contribution in [0.25, 0.3) is 21.9 Å². The lowest BCUT2D eigenvalue weighted by atomic mass is 9.92. The Morgan fingerprint density at radius 2 is 1.55 bits per heavy atom. The second-order valence-electron chi connectivity index (χ2n) is 6.93. The highest BCUT2D eigenvalue weighted by Gasteiger charge is 2.19. The van der Waals surface area contributed by atoms with Crippen molar-refractivity contribution in [2.45, 2.75) is 13.5 Å². The minimum Gasteiger partial charge on any atom is -0.493 e. The monoisotopic (exact) mass is 382 g/mol. The van der Waals surface area contributed by atoms with Crippen molar-refractivity contribution in [3.8, 4) is 22.6 Å². The van der Waals surface area contributed by atoms with Gasteiger partial charge in [-0.3, -0.25) is 4.79 Å². The van der Waals surface area contributed by atoms with Crippen molar-refractivity contribution in [1.82, 2.24) is 0 Å². The average molecular weight is 382 g/mol. The first-order valence-electron chi connectivity index (χ1n) is 9.54. The maximum Gasteiger partial charge on any atom is 0.170 e. The van der Waals surface area contributed by atoms with Crippen LogP contribution in [0.15, 0.2) is 78.9 Å². The molecule has 3 heteroatoms. The van der Waals surface area contributed by atoms with E-state index in [1.165, 1.54) is 5.56 Å². The van der Waals surface area contributed by atoms with Crippen LogP contribution in [0.3, 0.4) is 0 Å². The molecule has 0 aromatic heterocycles. The summed E-state index contributed by atoms with van der Waals surface area (Å²) in [6.45, 7) is 2.47. The van der Waals surface area contributed by atoms with E-state index in [-0.39, 0.29) is 0 Å². The molecule has 0 spiro atoms. The lowest BCUT2D eigenvalue weighted by Crippen LogP contribution is -2.02. The molecule has 0 radical (unpaired) electrons. The highest BCUT2D eigenvalue weighted by Crippen LogP contribution is 2.43. The van der Waals surface area contributed by atoms with Crippen LogP contribution in [0, 0.1) is 6.92 Å². The summed E-state index contributed by atoms with van der Waals surface area (Å²) in [6, 6.07) is 25.9. The SMILES string of the molecule is COc1ccc(C=O)c(-c2ccc(C)c3ccccc23)c1OCc1ccccc1. The van der Waals surface area contributed by atoms with E-state index in [1.54, 1.807) is 19.2 Å². The molecule has 0 saturated carbocycles. The third-order valence-corrected chi connectivity index (χ3v) is 5.14. The van der Waals surface area contributed by atoms with Gasteiger partial charge in [0.2, 0.25) is 0 Å². The van der Waals surface area contributed by atoms with Crippen molar-refractivity contribution in [1.29, 1.82) is 0 Å². The lowest BCUT2D eigenvalue weighted by Gasteiger charge is -2.19. The zero-order chi connectivity index (χ0) is 20.2. The molecular weight excluding hydrogens is 360 g/mol. The Labute approximate surface area is 170 Å². The number of ether oxygens (including phenoxy) is 2. The predicted molar refractivity (Wildman–Crippen MR) is 117 cm³/mol. The Morgan fingerprint density at radius 1 is 0.828 bits per heavy atom. The third kappa shape index (κ3) is 3.59. The Kier molecular flexibility index (Phi) is 5.30. The Bertz CT molecular complexity index is 1160. The molecule has 0 atom stereocenters. The molecule has 0 amide bonds. The van der Waals surface area contributed by atoms with Gasteiger partial charge in [-0.2, -0.15) is 0 Å². The summed E-state index contributed by atoms with van der Waals surface area (Å²) >= 11 is 0. The van der Waals surface area contributed by atoms with Crippen molar-refractivity contribution < 1.29 is 14.3 Å². The van der Waals surface area contributed by atoms with Crippen molar-refractivity contribution in [3.63, 3.8) is 0 Å². The van der Waals surface area contributed by atoms with Gasteiger partial charge in [0, 0.05) is 11.1 Å². The van der Waals surface area contributed by atoms with E-state index in [2.05, 4.69) is 31.2 Å². The van der Waals surface area contributed by atoms with Crippen LogP contribution in [0.5, 0.6) is 11.5 Å². The molecule has 29 heavy (non-hydrogen) atoms. The second-order valence-corrected chi connectivity index (χ2v) is 6.93. The van der Waals surface area contributed by atoms with Gasteiger partial charge in [0.05, 0.1) is 7.11 Å². The van der Waals surface area contributed by atoms with E-state index in [0.29, 0.717) is 23.7 Å². The van der Waals surface area contributed by atoms with Crippen LogP contribution in [-0.4, -0.2) is 13.4 Å². The second kappa shape index (κ2) is 8.19. The number of fused-ring (bicyclic) bond motifs is 1. The van der Waals surface area contributed by atoms with E-state index in [4.69, 9.17) is 9.47 Å². The quantitative estimate of drug-likeness (QED) is 0.372. The van der Waals surface area contributed by atoms with Crippen LogP contribution in [-0.2, 0) is 6.61 Å². The largest absolute Gasteiger partial charge is 0.493 e. The van der Waals surface area contributed by atoms with Crippen LogP contribution >= 0.6 is 0 Å². The van der Waals surface area contributed by atoms with Gasteiger partial charge in [-0.25, -0.2) is 0 Å². The molecule has 4 aromatic carbocycles. The number of aryl methyl sites for hydroxylation is 1. The number of hydrogen-bond acceptors (Lipinski definition) is 3. The number of carbonyl (C=O) groups is 1. The van der Waals surface area contributed by atoms with Gasteiger partial charge in [-0.15, -0.1) is 0 Å². The molecule has 144 valence electrons. The van der Waals surface area contributed by atoms with Gasteiger partial charge in [-0.05, 0) is 46.5 Å². The van der Waals surface area contributed by atoms with E-state index >= 15 is 0 Å². The molecule has 0 saturated heterocycles. The smallest absolute Gasteiger partial charge is 0.170 e. The van der Waals surface area contributed by atoms with Crippen molar-refractivity contribution in [2.24, 2.45) is 0 Å². The summed E-state index contributed by atoms with van der Waals surface area (Å²) in [5.74, 6) is 1.18. The predicted octanol–water partition coefficient (Wildman–Crippen LogP) is 6.22. The summed E-state index contributed by atoms with van der Waals surface area (Å²) in [5.41, 5.74) is 4.52. The summed E-state index contributed by atoms with van der Waals surface area (Å²) in [4.78, 5) is 11.9. The van der Waals surface area contributed by atoms with E-state index in [1.807, 2.05) is 42.5 Å². The minimum absolute atomic E-state index is 0.385. The molecule has 0 N–H and O–H groups in total. The number of rotatable bonds is 6. The molecule has 4 rings (SSSR count). The number of hydrogen-bond donors (Lipinski definition) is 0. The topological polar surface area (TPSA) is 35.5 Å². The number of benzene rings is 4. The Hall–Kier alpha value is -3.59. The molecule has 0 fully saturated rings. The van der Waals surface area contributed by atoms with Crippen molar-refractivity contribution >= 4 is 17.1 Å². The summed E-state index contributed by atoms with van der Waals surface area (Å²) in [5, 5.41) is 2.23. The fraction of sp³-hybridized carbons (Fsp3) is 0.115. The normalized spacial score (nSPS) is 10.7. The van der Waals surface area contributed by atoms with Gasteiger partial charge in [-0.1, -0.05) is 66.7 Å². The highest BCUT2D eigenvalue weighted by molar-refractivity contribution is 6.04. The molecule has 0 bridgehead atoms. The lowest BCUT2D eigenvalue weighted by molar-refractivity contribution is 0.112. The molecule has 3 nitrogen and oxygen atoms in total. The molecular formula is C26H22O3. The zero-order valence-corrected chi connectivity index (χ0v) is 16.5. The first-order valence-corrected chi connectivity index (χ1v) is 9.54. The number of carbonyl (C=O) groups excluding carboxylic acids is 1. The van der Waals surface area contributed by atoms with Crippen LogP contribution in [0.2, 0.25) is 0 Å². The average Bonchev–Trinajstić information content (AvgIpc) is 2.78. The van der Waals surface area contributed by atoms with Crippen LogP contribution < -0.4 is 9.47 Å². The fourth-order valence-corrected chi connectivity index (χ4v) is 3.66. The van der Waals surface area contributed by atoms with Gasteiger partial charge >= 0.3 is 0 Å². The molecule has 0 aliphatic rings. The van der Waals surface area contributed by atoms with Crippen molar-refractivity contribution in [2.75, 3.05) is 7.11 Å². The Balaban J connectivity index is 1.93. The molecule has 0 heterocycles. The minimum atomic E-state index is 0.385. The van der Waals surface area contributed by atoms with Gasteiger partial charge < -0.3 is 9.47 Å². The molecule has 4 aromatic rings. The first kappa shape index (κ1) is 18.8. The van der Waals surface area contributed by atoms with E-state index < -0.39 is 0 Å². The van der Waals surface area contributed by atoms with Gasteiger partial charge in [0.15, 0.2) is 17.8 Å². The van der Waals surface area contributed by atoms with Crippen LogP contribution in [0.1, 0.15) is 21.5 Å². The summed E-state index contributed by atoms with van der Waals surface area (Å²) < 4.78 is 11.8. The number of methoxy groups -OCH3 is 1. The van der Waals surface area contributed by atoms with Gasteiger partial charge in [0.1, 0.15) is 6.61 Å². The maximum absolute atomic E-state index is 11.9. The van der Waals surface area contributed by atoms with Crippen molar-refractivity contribution in [3.05, 3.63) is 95.6 Å². The Morgan fingerprint density at radius 3 is 2.28 bits per heavy atom. The maximum atomic E-state index is 11.9. The van der Waals surface area contributed by atoms with Crippen LogP contribution in [0.4, 0.5) is 0 Å². The molecule has 0 unspecified atom stereocenters. The van der Waals surface area contributed by atoms with E-state index in [0.717, 1.165) is 33.7 Å². The third-order valence-electron chi connectivity index (χ3n) is 5.14. The standard InChI is InChI=1S/C26H22O3/c1-18-12-14-23(22-11-7-6-10-21(18)22)25-20(16-27)13-15-24(28-2)26(25)29-17-19-8-4-3-5-9-19/h3-16H,17H2,1-2H3. The summed E-state index contributed by atoms with van der Waals surface area (Å²) in [7, 11) is 1.61. The fourth-order valence-electron chi connectivity index (χ4n) is 3.66. The number of aldehydes is 1.